The van der Waals surface area contributed by atoms with Crippen molar-refractivity contribution >= 4 is 74.8 Å². The molecule has 3 aliphatic rings. The Bertz CT molecular complexity index is 2040. The average Bonchev–Trinajstić information content (AvgIpc) is 2.96. The van der Waals surface area contributed by atoms with Gasteiger partial charge in [0.05, 0.1) is 31.7 Å². The fraction of sp³-hybridized carbons (Fsp3) is 0.351. The Morgan fingerprint density at radius 1 is 0.848 bits per heavy atom. The number of halogens is 4. The van der Waals surface area contributed by atoms with Gasteiger partial charge in [-0.05, 0) is 76.5 Å². The van der Waals surface area contributed by atoms with E-state index in [0.717, 1.165) is 50.6 Å². The zero-order valence-corrected chi connectivity index (χ0v) is 30.0. The molecule has 0 unspecified atom stereocenters. The number of hydrogen-bond donors (Lipinski definition) is 0. The van der Waals surface area contributed by atoms with Gasteiger partial charge in [-0.2, -0.15) is 0 Å². The first-order valence-corrected chi connectivity index (χ1v) is 17.0. The fourth-order valence-electron chi connectivity index (χ4n) is 7.44. The van der Waals surface area contributed by atoms with Crippen LogP contribution in [0.15, 0.2) is 42.5 Å². The van der Waals surface area contributed by atoms with Crippen LogP contribution in [0.3, 0.4) is 0 Å². The molecule has 6 rings (SSSR count). The lowest BCUT2D eigenvalue weighted by atomic mass is 9.84. The van der Waals surface area contributed by atoms with Gasteiger partial charge in [0, 0.05) is 77.6 Å². The molecule has 0 atom stereocenters. The molecule has 3 heterocycles. The van der Waals surface area contributed by atoms with E-state index in [1.165, 1.54) is 5.57 Å². The molecule has 3 aliphatic heterocycles. The molecule has 0 amide bonds. The summed E-state index contributed by atoms with van der Waals surface area (Å²) in [5.74, 6) is 0.288. The standard InChI is InChI=1S/C37H36Cl4N2O3/c1-8-42-27-15-29-23(12-21(27)19(2)17-36(42,4)5)32(25-14-26(38)34(40)35(41)33(25)39)24-13-22-20(3)18-37(6,7)43(11-9-10-31(44)45)28(22)16-30(24)46-29/h12-18H,8-11H2,1-7H3. The minimum atomic E-state index is -1.05. The summed E-state index contributed by atoms with van der Waals surface area (Å²) in [6, 6.07) is 10.3. The van der Waals surface area contributed by atoms with E-state index >= 15 is 0 Å². The molecule has 0 radical (unpaired) electrons. The molecule has 0 N–H and O–H groups in total. The molecule has 240 valence electrons. The number of aliphatic carboxylic acids is 1. The van der Waals surface area contributed by atoms with Crippen molar-refractivity contribution in [1.82, 2.24) is 4.58 Å². The number of fused-ring (bicyclic) bond motifs is 4. The van der Waals surface area contributed by atoms with Gasteiger partial charge in [0.1, 0.15) is 18.0 Å². The third kappa shape index (κ3) is 5.34. The molecule has 3 aromatic carbocycles. The molecule has 0 bridgehead atoms. The Balaban J connectivity index is 1.73. The van der Waals surface area contributed by atoms with E-state index in [9.17, 15) is 9.90 Å². The molecule has 9 heteroatoms. The summed E-state index contributed by atoms with van der Waals surface area (Å²) in [6.45, 7) is 16.4. The third-order valence-electron chi connectivity index (χ3n) is 9.37. The van der Waals surface area contributed by atoms with Crippen LogP contribution in [0.25, 0.3) is 16.7 Å². The lowest BCUT2D eigenvalue weighted by Crippen LogP contribution is -2.50. The monoisotopic (exact) mass is 696 g/mol. The molecule has 0 spiro atoms. The Hall–Kier alpha value is -2.96. The zero-order chi connectivity index (χ0) is 33.5. The van der Waals surface area contributed by atoms with Crippen molar-refractivity contribution in [2.24, 2.45) is 0 Å². The SMILES string of the molecule is CCN1c2cc3c(cc2C(C)=CC1(C)C)C(c1cc(Cl)c(Cl)c(Cl)c1Cl)=c1cc2c(cc1O3)=[N+](CCCC(=O)[O-])C(C)(C)C=C2C. The number of ether oxygens (including phenoxy) is 1. The Kier molecular flexibility index (Phi) is 8.33. The van der Waals surface area contributed by atoms with E-state index in [1.807, 2.05) is 0 Å². The second kappa shape index (κ2) is 11.6. The van der Waals surface area contributed by atoms with Crippen molar-refractivity contribution < 1.29 is 14.6 Å². The Morgan fingerprint density at radius 3 is 2.22 bits per heavy atom. The number of carboxylic acids is 1. The molecule has 46 heavy (non-hydrogen) atoms. The van der Waals surface area contributed by atoms with Crippen molar-refractivity contribution in [2.75, 3.05) is 18.0 Å². The number of hydrogen-bond acceptors (Lipinski definition) is 4. The summed E-state index contributed by atoms with van der Waals surface area (Å²) < 4.78 is 9.06. The first-order chi connectivity index (χ1) is 21.6. The maximum absolute atomic E-state index is 11.3. The lowest BCUT2D eigenvalue weighted by Gasteiger charge is -2.43. The van der Waals surface area contributed by atoms with Gasteiger partial charge in [-0.25, -0.2) is 4.58 Å². The van der Waals surface area contributed by atoms with Crippen molar-refractivity contribution in [3.63, 3.8) is 0 Å². The van der Waals surface area contributed by atoms with Crippen molar-refractivity contribution in [2.45, 2.75) is 72.4 Å². The number of rotatable bonds is 6. The van der Waals surface area contributed by atoms with E-state index in [0.29, 0.717) is 40.1 Å². The first-order valence-electron chi connectivity index (χ1n) is 15.5. The highest BCUT2D eigenvalue weighted by molar-refractivity contribution is 6.52. The highest BCUT2D eigenvalue weighted by atomic mass is 35.5. The van der Waals surface area contributed by atoms with Crippen LogP contribution in [0.1, 0.15) is 83.6 Å². The van der Waals surface area contributed by atoms with Gasteiger partial charge in [-0.15, -0.1) is 0 Å². The highest BCUT2D eigenvalue weighted by Crippen LogP contribution is 2.49. The van der Waals surface area contributed by atoms with Gasteiger partial charge >= 0.3 is 0 Å². The summed E-state index contributed by atoms with van der Waals surface area (Å²) in [4.78, 5) is 13.6. The van der Waals surface area contributed by atoms with Gasteiger partial charge in [0.25, 0.3) is 0 Å². The molecule has 0 fully saturated rings. The van der Waals surface area contributed by atoms with E-state index in [1.54, 1.807) is 6.07 Å². The van der Waals surface area contributed by atoms with Crippen molar-refractivity contribution in [1.29, 1.82) is 0 Å². The predicted octanol–water partition coefficient (Wildman–Crippen LogP) is 7.89. The number of carbonyl (C=O) groups excluding carboxylic acids is 1. The average molecular weight is 699 g/mol. The van der Waals surface area contributed by atoms with Crippen LogP contribution in [0.4, 0.5) is 5.69 Å². The second-order valence-corrected chi connectivity index (χ2v) is 14.9. The largest absolute Gasteiger partial charge is 0.550 e. The normalized spacial score (nSPS) is 17.3. The number of carboxylic acid groups (broad SMARTS) is 1. The number of carbonyl (C=O) groups is 1. The molecule has 0 aromatic heterocycles. The molecule has 0 saturated heterocycles. The van der Waals surface area contributed by atoms with Gasteiger partial charge in [0.2, 0.25) is 5.36 Å². The van der Waals surface area contributed by atoms with E-state index in [2.05, 4.69) is 94.4 Å². The van der Waals surface area contributed by atoms with Crippen LogP contribution in [-0.2, 0) is 4.79 Å². The lowest BCUT2D eigenvalue weighted by molar-refractivity contribution is -0.305. The molecule has 3 aromatic rings. The Labute approximate surface area is 290 Å². The van der Waals surface area contributed by atoms with Crippen molar-refractivity contribution in [3.8, 4) is 11.5 Å². The predicted molar refractivity (Wildman–Crippen MR) is 189 cm³/mol. The van der Waals surface area contributed by atoms with Crippen LogP contribution < -0.4 is 29.9 Å². The van der Waals surface area contributed by atoms with Crippen LogP contribution >= 0.6 is 46.4 Å². The number of likely N-dealkylation sites (N-methyl/N-ethyl adjacent to an activating group) is 1. The topological polar surface area (TPSA) is 55.6 Å². The molecule has 0 saturated carbocycles. The first kappa shape index (κ1) is 33.0. The maximum atomic E-state index is 11.3. The number of benzene rings is 3. The fourth-order valence-corrected chi connectivity index (χ4v) is 8.34. The maximum Gasteiger partial charge on any atom is 0.211 e. The highest BCUT2D eigenvalue weighted by Gasteiger charge is 2.36. The van der Waals surface area contributed by atoms with Crippen molar-refractivity contribution in [3.05, 3.63) is 95.4 Å². The van der Waals surface area contributed by atoms with Crippen LogP contribution in [-0.4, -0.2) is 30.1 Å². The van der Waals surface area contributed by atoms with E-state index < -0.39 is 5.97 Å². The number of anilines is 1. The smallest absolute Gasteiger partial charge is 0.211 e. The minimum Gasteiger partial charge on any atom is -0.550 e. The summed E-state index contributed by atoms with van der Waals surface area (Å²) in [6.07, 6.45) is 4.95. The summed E-state index contributed by atoms with van der Waals surface area (Å²) in [5.41, 5.74) is 7.33. The van der Waals surface area contributed by atoms with E-state index in [4.69, 9.17) is 51.1 Å². The van der Waals surface area contributed by atoms with Gasteiger partial charge < -0.3 is 19.5 Å². The summed E-state index contributed by atoms with van der Waals surface area (Å²) >= 11 is 26.7. The molecule has 0 aliphatic carbocycles. The number of nitrogens with zero attached hydrogens (tertiary/aromatic N) is 2. The molecular weight excluding hydrogens is 662 g/mol. The Morgan fingerprint density at radius 2 is 1.54 bits per heavy atom. The van der Waals surface area contributed by atoms with Gasteiger partial charge in [-0.1, -0.05) is 52.5 Å². The van der Waals surface area contributed by atoms with Crippen LogP contribution in [0.2, 0.25) is 20.1 Å². The van der Waals surface area contributed by atoms with Gasteiger partial charge in [-0.3, -0.25) is 0 Å². The zero-order valence-electron chi connectivity index (χ0n) is 27.0. The minimum absolute atomic E-state index is 0.0167. The summed E-state index contributed by atoms with van der Waals surface area (Å²) in [7, 11) is 0. The van der Waals surface area contributed by atoms with E-state index in [-0.39, 0.29) is 27.5 Å². The quantitative estimate of drug-likeness (QED) is 0.117. The molecular formula is C37H36Cl4N2O3. The molecule has 5 nitrogen and oxygen atoms in total. The second-order valence-electron chi connectivity index (χ2n) is 13.4. The third-order valence-corrected chi connectivity index (χ3v) is 11.1. The summed E-state index contributed by atoms with van der Waals surface area (Å²) in [5, 5.41) is 14.1. The van der Waals surface area contributed by atoms with Crippen LogP contribution in [0, 0.1) is 0 Å². The number of allylic oxidation sites excluding steroid dienone is 2. The van der Waals surface area contributed by atoms with Gasteiger partial charge in [0.15, 0.2) is 5.54 Å². The van der Waals surface area contributed by atoms with Crippen LogP contribution in [0.5, 0.6) is 11.5 Å².